The molecule has 1 heterocycles. The second-order valence-electron chi connectivity index (χ2n) is 4.25. The maximum atomic E-state index is 5.47. The summed E-state index contributed by atoms with van der Waals surface area (Å²) in [7, 11) is 0. The Morgan fingerprint density at radius 3 is 2.56 bits per heavy atom. The first-order chi connectivity index (χ1) is 7.83. The van der Waals surface area contributed by atoms with Crippen molar-refractivity contribution < 1.29 is 4.42 Å². The van der Waals surface area contributed by atoms with Gasteiger partial charge >= 0.3 is 0 Å². The SMILES string of the molecule is Cc1ccc(CNCCCCCCCN)o1. The lowest BCUT2D eigenvalue weighted by Gasteiger charge is -2.02. The van der Waals surface area contributed by atoms with Gasteiger partial charge < -0.3 is 15.5 Å². The summed E-state index contributed by atoms with van der Waals surface area (Å²) >= 11 is 0. The molecule has 1 aromatic heterocycles. The van der Waals surface area contributed by atoms with Crippen LogP contribution in [-0.4, -0.2) is 13.1 Å². The van der Waals surface area contributed by atoms with Crippen molar-refractivity contribution in [3.8, 4) is 0 Å². The molecular weight excluding hydrogens is 200 g/mol. The van der Waals surface area contributed by atoms with Crippen LogP contribution in [0.25, 0.3) is 0 Å². The normalized spacial score (nSPS) is 10.9. The van der Waals surface area contributed by atoms with Crippen molar-refractivity contribution in [1.29, 1.82) is 0 Å². The molecule has 0 spiro atoms. The Bertz CT molecular complexity index is 271. The molecule has 0 saturated carbocycles. The molecule has 3 heteroatoms. The largest absolute Gasteiger partial charge is 0.465 e. The van der Waals surface area contributed by atoms with Gasteiger partial charge in [-0.1, -0.05) is 19.3 Å². The first-order valence-electron chi connectivity index (χ1n) is 6.29. The van der Waals surface area contributed by atoms with Crippen LogP contribution in [0.15, 0.2) is 16.5 Å². The van der Waals surface area contributed by atoms with E-state index in [-0.39, 0.29) is 0 Å². The maximum Gasteiger partial charge on any atom is 0.117 e. The van der Waals surface area contributed by atoms with E-state index in [0.29, 0.717) is 0 Å². The van der Waals surface area contributed by atoms with Crippen LogP contribution >= 0.6 is 0 Å². The molecule has 0 radical (unpaired) electrons. The van der Waals surface area contributed by atoms with Crippen LogP contribution in [0, 0.1) is 6.92 Å². The van der Waals surface area contributed by atoms with Gasteiger partial charge in [-0.05, 0) is 45.0 Å². The van der Waals surface area contributed by atoms with E-state index in [1.54, 1.807) is 0 Å². The van der Waals surface area contributed by atoms with Crippen LogP contribution in [0.4, 0.5) is 0 Å². The van der Waals surface area contributed by atoms with Gasteiger partial charge in [-0.25, -0.2) is 0 Å². The van der Waals surface area contributed by atoms with E-state index in [4.69, 9.17) is 10.2 Å². The molecule has 3 N–H and O–H groups in total. The summed E-state index contributed by atoms with van der Waals surface area (Å²) in [5.41, 5.74) is 5.43. The highest BCUT2D eigenvalue weighted by molar-refractivity contribution is 5.04. The number of aryl methyl sites for hydroxylation is 1. The van der Waals surface area contributed by atoms with E-state index in [0.717, 1.165) is 31.2 Å². The predicted octanol–water partition coefficient (Wildman–Crippen LogP) is 2.59. The Labute approximate surface area is 98.4 Å². The third kappa shape index (κ3) is 5.93. The zero-order valence-corrected chi connectivity index (χ0v) is 10.3. The Morgan fingerprint density at radius 2 is 1.88 bits per heavy atom. The quantitative estimate of drug-likeness (QED) is 0.634. The average Bonchev–Trinajstić information content (AvgIpc) is 2.68. The van der Waals surface area contributed by atoms with Crippen LogP contribution in [0.2, 0.25) is 0 Å². The lowest BCUT2D eigenvalue weighted by molar-refractivity contribution is 0.458. The lowest BCUT2D eigenvalue weighted by Crippen LogP contribution is -2.14. The summed E-state index contributed by atoms with van der Waals surface area (Å²) in [5, 5.41) is 3.39. The summed E-state index contributed by atoms with van der Waals surface area (Å²) < 4.78 is 5.47. The minimum absolute atomic E-state index is 0.829. The molecule has 0 bridgehead atoms. The highest BCUT2D eigenvalue weighted by atomic mass is 16.3. The minimum Gasteiger partial charge on any atom is -0.465 e. The van der Waals surface area contributed by atoms with Crippen LogP contribution in [-0.2, 0) is 6.54 Å². The van der Waals surface area contributed by atoms with Crippen LogP contribution in [0.1, 0.15) is 43.6 Å². The van der Waals surface area contributed by atoms with Gasteiger partial charge in [-0.2, -0.15) is 0 Å². The fourth-order valence-corrected chi connectivity index (χ4v) is 1.72. The molecule has 0 fully saturated rings. The first-order valence-corrected chi connectivity index (χ1v) is 6.29. The number of nitrogens with one attached hydrogen (secondary N) is 1. The molecule has 0 unspecified atom stereocenters. The molecule has 0 aromatic carbocycles. The second-order valence-corrected chi connectivity index (χ2v) is 4.25. The standard InChI is InChI=1S/C13H24N2O/c1-12-7-8-13(16-12)11-15-10-6-4-2-3-5-9-14/h7-8,15H,2-6,9-11,14H2,1H3. The third-order valence-electron chi connectivity index (χ3n) is 2.65. The fraction of sp³-hybridized carbons (Fsp3) is 0.692. The van der Waals surface area contributed by atoms with E-state index < -0.39 is 0 Å². The van der Waals surface area contributed by atoms with Crippen molar-refractivity contribution in [2.45, 2.75) is 45.6 Å². The van der Waals surface area contributed by atoms with Gasteiger partial charge in [-0.3, -0.25) is 0 Å². The number of hydrogen-bond donors (Lipinski definition) is 2. The molecule has 16 heavy (non-hydrogen) atoms. The zero-order chi connectivity index (χ0) is 11.6. The Hall–Kier alpha value is -0.800. The topological polar surface area (TPSA) is 51.2 Å². The van der Waals surface area contributed by atoms with Gasteiger partial charge in [0.15, 0.2) is 0 Å². The number of unbranched alkanes of at least 4 members (excludes halogenated alkanes) is 4. The number of rotatable bonds is 9. The molecule has 0 aliphatic heterocycles. The molecule has 1 aromatic rings. The fourth-order valence-electron chi connectivity index (χ4n) is 1.72. The molecule has 0 aliphatic carbocycles. The van der Waals surface area contributed by atoms with Gasteiger partial charge in [0.05, 0.1) is 6.54 Å². The Kier molecular flexibility index (Phi) is 6.93. The summed E-state index contributed by atoms with van der Waals surface area (Å²) in [6, 6.07) is 4.04. The number of furan rings is 1. The van der Waals surface area contributed by atoms with E-state index in [1.165, 1.54) is 32.1 Å². The van der Waals surface area contributed by atoms with Crippen molar-refractivity contribution >= 4 is 0 Å². The summed E-state index contributed by atoms with van der Waals surface area (Å²) in [4.78, 5) is 0. The average molecular weight is 224 g/mol. The maximum absolute atomic E-state index is 5.47. The zero-order valence-electron chi connectivity index (χ0n) is 10.3. The molecule has 0 saturated heterocycles. The van der Waals surface area contributed by atoms with E-state index in [1.807, 2.05) is 19.1 Å². The van der Waals surface area contributed by atoms with E-state index in [9.17, 15) is 0 Å². The highest BCUT2D eigenvalue weighted by Gasteiger charge is 1.97. The summed E-state index contributed by atoms with van der Waals surface area (Å²) in [6.45, 7) is 4.72. The molecule has 1 rings (SSSR count). The summed E-state index contributed by atoms with van der Waals surface area (Å²) in [5.74, 6) is 2.01. The van der Waals surface area contributed by atoms with Gasteiger partial charge in [0.25, 0.3) is 0 Å². The van der Waals surface area contributed by atoms with Crippen LogP contribution < -0.4 is 11.1 Å². The molecule has 0 aliphatic rings. The minimum atomic E-state index is 0.829. The van der Waals surface area contributed by atoms with Crippen molar-refractivity contribution in [3.63, 3.8) is 0 Å². The number of nitrogens with two attached hydrogens (primary N) is 1. The van der Waals surface area contributed by atoms with E-state index >= 15 is 0 Å². The molecule has 92 valence electrons. The molecule has 0 atom stereocenters. The van der Waals surface area contributed by atoms with E-state index in [2.05, 4.69) is 5.32 Å². The lowest BCUT2D eigenvalue weighted by atomic mass is 10.1. The molecular formula is C13H24N2O. The van der Waals surface area contributed by atoms with Gasteiger partial charge in [0.2, 0.25) is 0 Å². The Morgan fingerprint density at radius 1 is 1.12 bits per heavy atom. The predicted molar refractivity (Wildman–Crippen MR) is 67.3 cm³/mol. The van der Waals surface area contributed by atoms with Gasteiger partial charge in [0, 0.05) is 0 Å². The molecule has 0 amide bonds. The summed E-state index contributed by atoms with van der Waals surface area (Å²) in [6.07, 6.45) is 6.28. The van der Waals surface area contributed by atoms with Crippen molar-refractivity contribution in [2.75, 3.05) is 13.1 Å². The van der Waals surface area contributed by atoms with Crippen molar-refractivity contribution in [2.24, 2.45) is 5.73 Å². The smallest absolute Gasteiger partial charge is 0.117 e. The van der Waals surface area contributed by atoms with Crippen molar-refractivity contribution in [3.05, 3.63) is 23.7 Å². The monoisotopic (exact) mass is 224 g/mol. The van der Waals surface area contributed by atoms with Gasteiger partial charge in [0.1, 0.15) is 11.5 Å². The first kappa shape index (κ1) is 13.3. The van der Waals surface area contributed by atoms with Crippen LogP contribution in [0.5, 0.6) is 0 Å². The third-order valence-corrected chi connectivity index (χ3v) is 2.65. The van der Waals surface area contributed by atoms with Crippen LogP contribution in [0.3, 0.4) is 0 Å². The van der Waals surface area contributed by atoms with Crippen molar-refractivity contribution in [1.82, 2.24) is 5.32 Å². The highest BCUT2D eigenvalue weighted by Crippen LogP contribution is 2.06. The number of hydrogen-bond acceptors (Lipinski definition) is 3. The Balaban J connectivity index is 1.88. The van der Waals surface area contributed by atoms with Gasteiger partial charge in [-0.15, -0.1) is 0 Å². The molecule has 3 nitrogen and oxygen atoms in total. The second kappa shape index (κ2) is 8.36.